The van der Waals surface area contributed by atoms with Gasteiger partial charge in [0.25, 0.3) is 5.91 Å². The largest absolute Gasteiger partial charge is 0.416 e. The quantitative estimate of drug-likeness (QED) is 0.339. The van der Waals surface area contributed by atoms with Crippen LogP contribution >= 0.6 is 0 Å². The molecule has 3 aromatic carbocycles. The van der Waals surface area contributed by atoms with Crippen molar-refractivity contribution in [3.05, 3.63) is 94.5 Å². The molecule has 2 aliphatic heterocycles. The molecule has 2 heterocycles. The highest BCUT2D eigenvalue weighted by Gasteiger charge is 2.46. The Bertz CT molecular complexity index is 1450. The minimum atomic E-state index is -4.52. The molecule has 8 heteroatoms. The molecule has 1 aliphatic carbocycles. The molecule has 0 spiro atoms. The maximum Gasteiger partial charge on any atom is 0.416 e. The number of rotatable bonds is 5. The first kappa shape index (κ1) is 27.4. The molecule has 2 N–H and O–H groups in total. The van der Waals surface area contributed by atoms with Crippen LogP contribution in [0.4, 0.5) is 24.5 Å². The second-order valence-corrected chi connectivity index (χ2v) is 11.6. The summed E-state index contributed by atoms with van der Waals surface area (Å²) in [5.74, 6) is -1.11. The fraction of sp³-hybridized carbons (Fsp3) is 0.394. The third-order valence-corrected chi connectivity index (χ3v) is 8.95. The number of anilines is 2. The van der Waals surface area contributed by atoms with Crippen LogP contribution in [0.5, 0.6) is 0 Å². The van der Waals surface area contributed by atoms with Gasteiger partial charge in [0.1, 0.15) is 0 Å². The second-order valence-electron chi connectivity index (χ2n) is 11.6. The number of piperidine rings is 1. The molecule has 2 fully saturated rings. The van der Waals surface area contributed by atoms with E-state index in [1.54, 1.807) is 0 Å². The van der Waals surface area contributed by atoms with E-state index in [9.17, 15) is 22.8 Å². The number of aryl methyl sites for hydroxylation is 1. The van der Waals surface area contributed by atoms with Crippen molar-refractivity contribution in [2.75, 3.05) is 10.6 Å². The number of carbonyl (C=O) groups is 2. The molecule has 1 saturated heterocycles. The molecule has 0 radical (unpaired) electrons. The normalized spacial score (nSPS) is 22.7. The van der Waals surface area contributed by atoms with Gasteiger partial charge in [0, 0.05) is 29.0 Å². The van der Waals surface area contributed by atoms with Crippen LogP contribution in [-0.4, -0.2) is 28.8 Å². The van der Waals surface area contributed by atoms with Gasteiger partial charge in [-0.15, -0.1) is 0 Å². The van der Waals surface area contributed by atoms with Crippen molar-refractivity contribution in [2.45, 2.75) is 76.2 Å². The zero-order valence-corrected chi connectivity index (χ0v) is 23.0. The number of carbonyl (C=O) groups excluding carboxylic acids is 2. The Morgan fingerprint density at radius 3 is 2.34 bits per heavy atom. The van der Waals surface area contributed by atoms with E-state index in [4.69, 9.17) is 0 Å². The summed E-state index contributed by atoms with van der Waals surface area (Å²) in [6, 6.07) is 19.3. The molecule has 0 aromatic heterocycles. The number of benzene rings is 3. The van der Waals surface area contributed by atoms with Gasteiger partial charge in [0.2, 0.25) is 5.91 Å². The summed E-state index contributed by atoms with van der Waals surface area (Å²) in [6.07, 6.45) is 2.08. The van der Waals surface area contributed by atoms with Crippen LogP contribution in [0.25, 0.3) is 0 Å². The molecule has 41 heavy (non-hydrogen) atoms. The molecular weight excluding hydrogens is 527 g/mol. The Kier molecular flexibility index (Phi) is 7.26. The lowest BCUT2D eigenvalue weighted by Gasteiger charge is -2.48. The maximum absolute atomic E-state index is 13.9. The lowest BCUT2D eigenvalue weighted by Crippen LogP contribution is -2.54. The van der Waals surface area contributed by atoms with E-state index in [2.05, 4.69) is 10.6 Å². The standard InChI is InChI=1S/C33H34F3N3O2/c1-20-10-13-25(19-29(20)33(34,35)36)38-31(40)28-17-16-26-18-22-6-2-5-9-27(22)32(41)39(26)30(28)21-11-14-24(15-12-21)37-23-7-3-4-8-23/h2,5-6,9-15,19,23,26,28,30,37H,3-4,7-8,16-18H2,1H3,(H,38,40). The highest BCUT2D eigenvalue weighted by molar-refractivity contribution is 5.99. The van der Waals surface area contributed by atoms with Crippen molar-refractivity contribution in [3.8, 4) is 0 Å². The van der Waals surface area contributed by atoms with E-state index < -0.39 is 23.7 Å². The van der Waals surface area contributed by atoms with E-state index in [1.807, 2.05) is 53.4 Å². The fourth-order valence-electron chi connectivity index (χ4n) is 6.87. The van der Waals surface area contributed by atoms with Gasteiger partial charge in [-0.1, -0.05) is 49.2 Å². The molecule has 2 amide bonds. The van der Waals surface area contributed by atoms with Crippen molar-refractivity contribution in [3.63, 3.8) is 0 Å². The van der Waals surface area contributed by atoms with Gasteiger partial charge in [-0.05, 0) is 86.1 Å². The summed E-state index contributed by atoms with van der Waals surface area (Å²) in [5.41, 5.74) is 2.92. The van der Waals surface area contributed by atoms with Gasteiger partial charge >= 0.3 is 6.18 Å². The molecule has 3 aromatic rings. The summed E-state index contributed by atoms with van der Waals surface area (Å²) in [5, 5.41) is 6.34. The number of alkyl halides is 3. The molecule has 1 saturated carbocycles. The van der Waals surface area contributed by atoms with Crippen LogP contribution in [0.15, 0.2) is 66.7 Å². The smallest absolute Gasteiger partial charge is 0.382 e. The molecule has 3 atom stereocenters. The topological polar surface area (TPSA) is 61.4 Å². The molecular formula is C33H34F3N3O2. The number of amides is 2. The number of nitrogens with one attached hydrogen (secondary N) is 2. The minimum Gasteiger partial charge on any atom is -0.382 e. The Morgan fingerprint density at radius 1 is 0.902 bits per heavy atom. The van der Waals surface area contributed by atoms with E-state index >= 15 is 0 Å². The van der Waals surface area contributed by atoms with Crippen molar-refractivity contribution in [2.24, 2.45) is 5.92 Å². The fourth-order valence-corrected chi connectivity index (χ4v) is 6.87. The van der Waals surface area contributed by atoms with E-state index in [0.29, 0.717) is 30.9 Å². The first-order valence-corrected chi connectivity index (χ1v) is 14.4. The van der Waals surface area contributed by atoms with Gasteiger partial charge in [-0.3, -0.25) is 9.59 Å². The Hall–Kier alpha value is -3.81. The van der Waals surface area contributed by atoms with Crippen LogP contribution < -0.4 is 10.6 Å². The predicted molar refractivity (Wildman–Crippen MR) is 153 cm³/mol. The Labute approximate surface area is 238 Å². The Morgan fingerprint density at radius 2 is 1.61 bits per heavy atom. The summed E-state index contributed by atoms with van der Waals surface area (Å²) in [4.78, 5) is 29.5. The SMILES string of the molecule is Cc1ccc(NC(=O)C2CCC3Cc4ccccc4C(=O)N3C2c2ccc(NC3CCCC3)cc2)cc1C(F)(F)F. The summed E-state index contributed by atoms with van der Waals surface area (Å²) >= 11 is 0. The first-order chi connectivity index (χ1) is 19.7. The number of hydrogen-bond donors (Lipinski definition) is 2. The van der Waals surface area contributed by atoms with Gasteiger partial charge in [0.15, 0.2) is 0 Å². The third kappa shape index (κ3) is 5.44. The molecule has 3 unspecified atom stereocenters. The van der Waals surface area contributed by atoms with Crippen molar-refractivity contribution in [1.82, 2.24) is 4.90 Å². The number of hydrogen-bond acceptors (Lipinski definition) is 3. The maximum atomic E-state index is 13.9. The highest BCUT2D eigenvalue weighted by atomic mass is 19.4. The number of fused-ring (bicyclic) bond motifs is 2. The van der Waals surface area contributed by atoms with E-state index in [0.717, 1.165) is 35.7 Å². The first-order valence-electron chi connectivity index (χ1n) is 14.4. The van der Waals surface area contributed by atoms with Gasteiger partial charge in [-0.2, -0.15) is 13.2 Å². The van der Waals surface area contributed by atoms with Gasteiger partial charge in [-0.25, -0.2) is 0 Å². The lowest BCUT2D eigenvalue weighted by molar-refractivity contribution is -0.138. The van der Waals surface area contributed by atoms with E-state index in [-0.39, 0.29) is 29.1 Å². The average Bonchev–Trinajstić information content (AvgIpc) is 3.46. The highest BCUT2D eigenvalue weighted by Crippen LogP contribution is 2.44. The average molecular weight is 562 g/mol. The van der Waals surface area contributed by atoms with Crippen LogP contribution in [-0.2, 0) is 17.4 Å². The third-order valence-electron chi connectivity index (χ3n) is 8.95. The van der Waals surface area contributed by atoms with Gasteiger partial charge < -0.3 is 15.5 Å². The van der Waals surface area contributed by atoms with E-state index in [1.165, 1.54) is 31.9 Å². The molecule has 6 rings (SSSR count). The monoisotopic (exact) mass is 561 g/mol. The van der Waals surface area contributed by atoms with Crippen molar-refractivity contribution < 1.29 is 22.8 Å². The van der Waals surface area contributed by atoms with Crippen LogP contribution in [0.3, 0.4) is 0 Å². The molecule has 214 valence electrons. The summed E-state index contributed by atoms with van der Waals surface area (Å²) in [6.45, 7) is 1.40. The molecule has 0 bridgehead atoms. The summed E-state index contributed by atoms with van der Waals surface area (Å²) in [7, 11) is 0. The zero-order valence-electron chi connectivity index (χ0n) is 23.0. The second kappa shape index (κ2) is 10.9. The minimum absolute atomic E-state index is 0.0565. The number of nitrogens with zero attached hydrogens (tertiary/aromatic N) is 1. The van der Waals surface area contributed by atoms with Crippen LogP contribution in [0.1, 0.15) is 77.2 Å². The Balaban J connectivity index is 1.32. The zero-order chi connectivity index (χ0) is 28.7. The van der Waals surface area contributed by atoms with Crippen LogP contribution in [0.2, 0.25) is 0 Å². The molecule has 5 nitrogen and oxygen atoms in total. The number of halogens is 3. The predicted octanol–water partition coefficient (Wildman–Crippen LogP) is 7.53. The van der Waals surface area contributed by atoms with Gasteiger partial charge in [0.05, 0.1) is 17.5 Å². The van der Waals surface area contributed by atoms with Crippen molar-refractivity contribution in [1.29, 1.82) is 0 Å². The van der Waals surface area contributed by atoms with Crippen molar-refractivity contribution >= 4 is 23.2 Å². The molecule has 3 aliphatic rings. The lowest BCUT2D eigenvalue weighted by atomic mass is 9.77. The summed E-state index contributed by atoms with van der Waals surface area (Å²) < 4.78 is 40.7. The van der Waals surface area contributed by atoms with Crippen LogP contribution in [0, 0.1) is 12.8 Å².